The maximum atomic E-state index is 13.9. The highest BCUT2D eigenvalue weighted by Crippen LogP contribution is 2.53. The molecule has 1 unspecified atom stereocenters. The Kier molecular flexibility index (Phi) is 6.53. The molecule has 2 fully saturated rings. The monoisotopic (exact) mass is 475 g/mol. The number of likely N-dealkylation sites (tertiary alicyclic amines) is 1. The van der Waals surface area contributed by atoms with Gasteiger partial charge in [-0.3, -0.25) is 9.59 Å². The van der Waals surface area contributed by atoms with Crippen LogP contribution in [0, 0.1) is 11.3 Å². The lowest BCUT2D eigenvalue weighted by Crippen LogP contribution is -2.57. The second-order valence-electron chi connectivity index (χ2n) is 9.29. The molecule has 0 bridgehead atoms. The van der Waals surface area contributed by atoms with E-state index in [1.807, 2.05) is 30.3 Å². The van der Waals surface area contributed by atoms with E-state index in [9.17, 15) is 19.8 Å². The van der Waals surface area contributed by atoms with Gasteiger partial charge >= 0.3 is 5.97 Å². The van der Waals surface area contributed by atoms with E-state index in [4.69, 9.17) is 23.2 Å². The quantitative estimate of drug-likeness (QED) is 0.569. The Bertz CT molecular complexity index is 1010. The normalized spacial score (nSPS) is 26.8. The smallest absolute Gasteiger partial charge is 0.304 e. The lowest BCUT2D eigenvalue weighted by molar-refractivity contribution is -0.162. The fraction of sp³-hybridized carbons (Fsp3) is 0.440. The van der Waals surface area contributed by atoms with Gasteiger partial charge in [0.05, 0.1) is 30.5 Å². The molecule has 2 aliphatic rings. The molecule has 1 saturated carbocycles. The molecule has 1 saturated heterocycles. The maximum absolute atomic E-state index is 13.9. The summed E-state index contributed by atoms with van der Waals surface area (Å²) in [5.41, 5.74) is 0.757. The van der Waals surface area contributed by atoms with E-state index >= 15 is 0 Å². The number of benzene rings is 2. The predicted molar refractivity (Wildman–Crippen MR) is 124 cm³/mol. The van der Waals surface area contributed by atoms with Crippen LogP contribution in [0.15, 0.2) is 48.5 Å². The molecule has 5 nitrogen and oxygen atoms in total. The Morgan fingerprint density at radius 3 is 2.38 bits per heavy atom. The number of carbonyl (C=O) groups excluding carboxylic acids is 1. The van der Waals surface area contributed by atoms with Crippen LogP contribution in [-0.4, -0.2) is 39.6 Å². The fourth-order valence-electron chi connectivity index (χ4n) is 5.19. The summed E-state index contributed by atoms with van der Waals surface area (Å²) in [5, 5.41) is 21.1. The van der Waals surface area contributed by atoms with Gasteiger partial charge in [0.25, 0.3) is 0 Å². The van der Waals surface area contributed by atoms with Gasteiger partial charge in [-0.2, -0.15) is 0 Å². The number of hydrogen-bond donors (Lipinski definition) is 2. The predicted octanol–water partition coefficient (Wildman–Crippen LogP) is 5.30. The number of aliphatic hydroxyl groups excluding tert-OH is 1. The molecule has 0 aromatic heterocycles. The van der Waals surface area contributed by atoms with Crippen molar-refractivity contribution in [1.29, 1.82) is 0 Å². The molecule has 32 heavy (non-hydrogen) atoms. The van der Waals surface area contributed by atoms with Crippen molar-refractivity contribution in [3.63, 3.8) is 0 Å². The minimum absolute atomic E-state index is 0.161. The van der Waals surface area contributed by atoms with E-state index < -0.39 is 11.4 Å². The highest BCUT2D eigenvalue weighted by atomic mass is 35.5. The first kappa shape index (κ1) is 23.1. The fourth-order valence-corrected chi connectivity index (χ4v) is 5.51. The summed E-state index contributed by atoms with van der Waals surface area (Å²) in [6.45, 7) is 1.57. The second-order valence-corrected chi connectivity index (χ2v) is 10.2. The Morgan fingerprint density at radius 2 is 1.81 bits per heavy atom. The van der Waals surface area contributed by atoms with Crippen molar-refractivity contribution >= 4 is 35.1 Å². The zero-order valence-corrected chi connectivity index (χ0v) is 19.4. The molecule has 4 rings (SSSR count). The topological polar surface area (TPSA) is 77.8 Å². The number of carbonyl (C=O) groups is 2. The standard InChI is InChI=1S/C25H27Cl2NO4/c1-25(13-22(30)31)12-20(17-3-2-4-19(27)11-17)23(16-7-9-18(26)10-8-16)28(24(25)32)21(14-29)15-5-6-15/h2-4,7-11,15,20-21,23,29H,5-6,12-14H2,1H3,(H,30,31)/t20?,21-,23-,25-/m1/s1. The molecule has 7 heteroatoms. The molecule has 1 aliphatic carbocycles. The molecule has 1 aliphatic heterocycles. The number of hydrogen-bond acceptors (Lipinski definition) is 3. The average molecular weight is 476 g/mol. The highest BCUT2D eigenvalue weighted by molar-refractivity contribution is 6.30. The molecule has 1 amide bonds. The van der Waals surface area contributed by atoms with Gasteiger partial charge in [-0.15, -0.1) is 0 Å². The number of piperidine rings is 1. The largest absolute Gasteiger partial charge is 0.481 e. The van der Waals surface area contributed by atoms with E-state index in [0.717, 1.165) is 24.0 Å². The van der Waals surface area contributed by atoms with Gasteiger partial charge in [0.15, 0.2) is 0 Å². The molecule has 170 valence electrons. The van der Waals surface area contributed by atoms with Crippen molar-refractivity contribution in [3.05, 3.63) is 69.7 Å². The summed E-state index contributed by atoms with van der Waals surface area (Å²) in [7, 11) is 0. The average Bonchev–Trinajstić information content (AvgIpc) is 3.57. The van der Waals surface area contributed by atoms with Crippen molar-refractivity contribution in [3.8, 4) is 0 Å². The number of aliphatic hydroxyl groups is 1. The third-order valence-corrected chi connectivity index (χ3v) is 7.33. The molecule has 0 radical (unpaired) electrons. The summed E-state index contributed by atoms with van der Waals surface area (Å²) < 4.78 is 0. The van der Waals surface area contributed by atoms with Crippen molar-refractivity contribution < 1.29 is 19.8 Å². The van der Waals surface area contributed by atoms with E-state index in [1.54, 1.807) is 30.0 Å². The Labute approximate surface area is 197 Å². The van der Waals surface area contributed by atoms with Crippen LogP contribution in [0.25, 0.3) is 0 Å². The molecule has 2 aromatic carbocycles. The van der Waals surface area contributed by atoms with E-state index in [2.05, 4.69) is 0 Å². The first-order valence-electron chi connectivity index (χ1n) is 10.9. The summed E-state index contributed by atoms with van der Waals surface area (Å²) in [5.74, 6) is -1.21. The summed E-state index contributed by atoms with van der Waals surface area (Å²) in [6, 6.07) is 14.2. The minimum Gasteiger partial charge on any atom is -0.481 e. The highest BCUT2D eigenvalue weighted by Gasteiger charge is 2.54. The van der Waals surface area contributed by atoms with Gasteiger partial charge in [0.1, 0.15) is 0 Å². The molecule has 0 spiro atoms. The number of rotatable bonds is 7. The van der Waals surface area contributed by atoms with Crippen molar-refractivity contribution in [2.75, 3.05) is 6.61 Å². The molecular formula is C25H27Cl2NO4. The molecular weight excluding hydrogens is 449 g/mol. The van der Waals surface area contributed by atoms with E-state index in [1.165, 1.54) is 0 Å². The lowest BCUT2D eigenvalue weighted by atomic mass is 9.67. The van der Waals surface area contributed by atoms with Crippen LogP contribution >= 0.6 is 23.2 Å². The van der Waals surface area contributed by atoms with Crippen LogP contribution in [0.5, 0.6) is 0 Å². The third-order valence-electron chi connectivity index (χ3n) is 6.84. The molecule has 1 heterocycles. The molecule has 2 N–H and O–H groups in total. The summed E-state index contributed by atoms with van der Waals surface area (Å²) in [6.07, 6.45) is 1.99. The SMILES string of the molecule is C[C@]1(CC(=O)O)CC(c2cccc(Cl)c2)[C@@H](c2ccc(Cl)cc2)N([C@H](CO)C2CC2)C1=O. The van der Waals surface area contributed by atoms with Crippen LogP contribution in [0.3, 0.4) is 0 Å². The van der Waals surface area contributed by atoms with Crippen LogP contribution in [0.2, 0.25) is 10.0 Å². The molecule has 2 aromatic rings. The van der Waals surface area contributed by atoms with Crippen LogP contribution < -0.4 is 0 Å². The number of nitrogens with zero attached hydrogens (tertiary/aromatic N) is 1. The minimum atomic E-state index is -1.09. The number of amides is 1. The zero-order chi connectivity index (χ0) is 23.0. The Morgan fingerprint density at radius 1 is 1.12 bits per heavy atom. The van der Waals surface area contributed by atoms with E-state index in [0.29, 0.717) is 16.5 Å². The second kappa shape index (κ2) is 9.05. The summed E-state index contributed by atoms with van der Waals surface area (Å²) in [4.78, 5) is 27.4. The zero-order valence-electron chi connectivity index (χ0n) is 17.9. The number of carboxylic acids is 1. The van der Waals surface area contributed by atoms with Crippen LogP contribution in [0.1, 0.15) is 55.7 Å². The summed E-state index contributed by atoms with van der Waals surface area (Å²) >= 11 is 12.5. The number of aliphatic carboxylic acids is 1. The van der Waals surface area contributed by atoms with Crippen molar-refractivity contribution in [1.82, 2.24) is 4.90 Å². The van der Waals surface area contributed by atoms with Crippen LogP contribution in [0.4, 0.5) is 0 Å². The van der Waals surface area contributed by atoms with Gasteiger partial charge in [-0.05, 0) is 60.6 Å². The van der Waals surface area contributed by atoms with Gasteiger partial charge < -0.3 is 15.1 Å². The van der Waals surface area contributed by atoms with Gasteiger partial charge in [0.2, 0.25) is 5.91 Å². The van der Waals surface area contributed by atoms with Crippen LogP contribution in [-0.2, 0) is 9.59 Å². The first-order chi connectivity index (χ1) is 15.2. The maximum Gasteiger partial charge on any atom is 0.304 e. The molecule has 4 atom stereocenters. The Balaban J connectivity index is 1.89. The third kappa shape index (κ3) is 4.52. The van der Waals surface area contributed by atoms with Crippen molar-refractivity contribution in [2.24, 2.45) is 11.3 Å². The first-order valence-corrected chi connectivity index (χ1v) is 11.7. The van der Waals surface area contributed by atoms with Gasteiger partial charge in [-0.25, -0.2) is 0 Å². The Hall–Kier alpha value is -2.08. The van der Waals surface area contributed by atoms with Crippen molar-refractivity contribution in [2.45, 2.75) is 50.6 Å². The lowest BCUT2D eigenvalue weighted by Gasteiger charge is -2.51. The number of halogens is 2. The van der Waals surface area contributed by atoms with Gasteiger partial charge in [0, 0.05) is 16.0 Å². The van der Waals surface area contributed by atoms with E-state index in [-0.39, 0.29) is 42.9 Å². The van der Waals surface area contributed by atoms with Gasteiger partial charge in [-0.1, -0.05) is 54.4 Å². The number of carboxylic acid groups (broad SMARTS) is 1.